The van der Waals surface area contributed by atoms with Gasteiger partial charge < -0.3 is 9.74 Å². The predicted octanol–water partition coefficient (Wildman–Crippen LogP) is 1.14. The number of nitrogens with zero attached hydrogens (tertiary/aromatic N) is 2. The molecule has 0 radical (unpaired) electrons. The molecule has 2 rings (SSSR count). The van der Waals surface area contributed by atoms with Crippen LogP contribution in [-0.2, 0) is 14.4 Å². The van der Waals surface area contributed by atoms with E-state index in [1.807, 2.05) is 6.07 Å². The van der Waals surface area contributed by atoms with E-state index in [1.54, 1.807) is 24.3 Å². The highest BCUT2D eigenvalue weighted by Crippen LogP contribution is 2.29. The van der Waals surface area contributed by atoms with Crippen molar-refractivity contribution in [3.63, 3.8) is 0 Å². The Balaban J connectivity index is 2.15. The maximum absolute atomic E-state index is 12.1. The van der Waals surface area contributed by atoms with Crippen molar-refractivity contribution < 1.29 is 19.2 Å². The van der Waals surface area contributed by atoms with Crippen LogP contribution in [0.15, 0.2) is 30.3 Å². The molecule has 6 heteroatoms. The molecule has 0 saturated carbocycles. The fourth-order valence-corrected chi connectivity index (χ4v) is 1.81. The minimum absolute atomic E-state index is 0.0174. The normalized spacial score (nSPS) is 18.6. The summed E-state index contributed by atoms with van der Waals surface area (Å²) in [6.07, 6.45) is -0.737. The Morgan fingerprint density at radius 1 is 1.26 bits per heavy atom. The van der Waals surface area contributed by atoms with E-state index in [-0.39, 0.29) is 6.42 Å². The molecule has 0 aliphatic carbocycles. The summed E-state index contributed by atoms with van der Waals surface area (Å²) in [4.78, 5) is 41.1. The first-order valence-corrected chi connectivity index (χ1v) is 5.81. The van der Waals surface area contributed by atoms with E-state index in [1.165, 1.54) is 14.1 Å². The van der Waals surface area contributed by atoms with E-state index in [4.69, 9.17) is 4.84 Å². The minimum Gasteiger partial charge on any atom is -0.312 e. The third-order valence-corrected chi connectivity index (χ3v) is 2.84. The molecular formula is C13H14N2O4. The summed E-state index contributed by atoms with van der Waals surface area (Å²) in [5, 5.41) is 0.556. The molecule has 3 amide bonds. The Morgan fingerprint density at radius 3 is 2.47 bits per heavy atom. The third-order valence-electron chi connectivity index (χ3n) is 2.84. The first-order chi connectivity index (χ1) is 9.00. The van der Waals surface area contributed by atoms with Crippen LogP contribution in [0.3, 0.4) is 0 Å². The van der Waals surface area contributed by atoms with Gasteiger partial charge in [0.1, 0.15) is 0 Å². The molecule has 1 saturated heterocycles. The standard InChI is InChI=1S/C13H14N2O4/c1-14(2)13(18)19-15-11(16)8-10(12(15)17)9-6-4-3-5-7-9/h3-7,10H,8H2,1-2H3. The summed E-state index contributed by atoms with van der Waals surface area (Å²) >= 11 is 0. The zero-order valence-electron chi connectivity index (χ0n) is 10.7. The molecule has 0 aromatic heterocycles. The summed E-state index contributed by atoms with van der Waals surface area (Å²) in [7, 11) is 2.95. The molecule has 0 bridgehead atoms. The van der Waals surface area contributed by atoms with E-state index in [0.29, 0.717) is 5.06 Å². The van der Waals surface area contributed by atoms with Gasteiger partial charge in [-0.25, -0.2) is 4.79 Å². The van der Waals surface area contributed by atoms with Gasteiger partial charge in [-0.2, -0.15) is 0 Å². The minimum atomic E-state index is -0.754. The van der Waals surface area contributed by atoms with Crippen molar-refractivity contribution in [1.82, 2.24) is 9.96 Å². The van der Waals surface area contributed by atoms with Crippen molar-refractivity contribution in [3.05, 3.63) is 35.9 Å². The average molecular weight is 262 g/mol. The predicted molar refractivity (Wildman–Crippen MR) is 65.8 cm³/mol. The average Bonchev–Trinajstić information content (AvgIpc) is 2.67. The fraction of sp³-hybridized carbons (Fsp3) is 0.308. The highest BCUT2D eigenvalue weighted by Gasteiger charge is 2.42. The molecule has 1 aliphatic rings. The van der Waals surface area contributed by atoms with Gasteiger partial charge >= 0.3 is 6.09 Å². The Bertz CT molecular complexity index is 513. The van der Waals surface area contributed by atoms with Crippen molar-refractivity contribution in [2.45, 2.75) is 12.3 Å². The number of benzene rings is 1. The second-order valence-corrected chi connectivity index (χ2v) is 4.45. The second-order valence-electron chi connectivity index (χ2n) is 4.45. The molecule has 0 N–H and O–H groups in total. The first-order valence-electron chi connectivity index (χ1n) is 5.81. The Kier molecular flexibility index (Phi) is 3.50. The van der Waals surface area contributed by atoms with Crippen LogP contribution in [-0.4, -0.2) is 42.0 Å². The lowest BCUT2D eigenvalue weighted by molar-refractivity contribution is -0.173. The lowest BCUT2D eigenvalue weighted by Crippen LogP contribution is -2.37. The van der Waals surface area contributed by atoms with Crippen molar-refractivity contribution in [2.24, 2.45) is 0 Å². The number of carbonyl (C=O) groups excluding carboxylic acids is 3. The molecule has 0 spiro atoms. The van der Waals surface area contributed by atoms with Gasteiger partial charge in [-0.1, -0.05) is 30.3 Å². The number of hydrogen-bond donors (Lipinski definition) is 0. The van der Waals surface area contributed by atoms with Gasteiger partial charge in [0.15, 0.2) is 0 Å². The van der Waals surface area contributed by atoms with Gasteiger partial charge in [-0.3, -0.25) is 9.59 Å². The van der Waals surface area contributed by atoms with Gasteiger partial charge in [0.25, 0.3) is 11.8 Å². The summed E-state index contributed by atoms with van der Waals surface area (Å²) < 4.78 is 0. The fourth-order valence-electron chi connectivity index (χ4n) is 1.81. The summed E-state index contributed by atoms with van der Waals surface area (Å²) in [5.74, 6) is -1.59. The number of hydrogen-bond acceptors (Lipinski definition) is 4. The van der Waals surface area contributed by atoms with Crippen LogP contribution < -0.4 is 0 Å². The van der Waals surface area contributed by atoms with Crippen molar-refractivity contribution in [2.75, 3.05) is 14.1 Å². The molecule has 1 atom stereocenters. The highest BCUT2D eigenvalue weighted by atomic mass is 16.7. The molecule has 19 heavy (non-hydrogen) atoms. The van der Waals surface area contributed by atoms with Gasteiger partial charge in [0.05, 0.1) is 5.92 Å². The van der Waals surface area contributed by atoms with Gasteiger partial charge in [-0.05, 0) is 5.56 Å². The van der Waals surface area contributed by atoms with Crippen molar-refractivity contribution in [3.8, 4) is 0 Å². The molecule has 6 nitrogen and oxygen atoms in total. The Labute approximate surface area is 110 Å². The van der Waals surface area contributed by atoms with Crippen LogP contribution in [0, 0.1) is 0 Å². The monoisotopic (exact) mass is 262 g/mol. The number of amides is 3. The molecule has 1 heterocycles. The van der Waals surface area contributed by atoms with Gasteiger partial charge in [0.2, 0.25) is 0 Å². The Hall–Kier alpha value is -2.37. The zero-order valence-corrected chi connectivity index (χ0v) is 10.7. The zero-order chi connectivity index (χ0) is 14.0. The molecular weight excluding hydrogens is 248 g/mol. The van der Waals surface area contributed by atoms with Crippen LogP contribution in [0.25, 0.3) is 0 Å². The summed E-state index contributed by atoms with van der Waals surface area (Å²) in [6.45, 7) is 0. The van der Waals surface area contributed by atoms with E-state index in [0.717, 1.165) is 10.5 Å². The maximum Gasteiger partial charge on any atom is 0.434 e. The lowest BCUT2D eigenvalue weighted by Gasteiger charge is -2.16. The van der Waals surface area contributed by atoms with Gasteiger partial charge in [-0.15, -0.1) is 5.06 Å². The summed E-state index contributed by atoms with van der Waals surface area (Å²) in [5.41, 5.74) is 0.740. The second kappa shape index (κ2) is 5.09. The van der Waals surface area contributed by atoms with Crippen LogP contribution in [0.5, 0.6) is 0 Å². The largest absolute Gasteiger partial charge is 0.434 e. The first kappa shape index (κ1) is 13.1. The number of rotatable bonds is 2. The number of hydroxylamine groups is 2. The van der Waals surface area contributed by atoms with Crippen molar-refractivity contribution >= 4 is 17.9 Å². The number of carbonyl (C=O) groups is 3. The van der Waals surface area contributed by atoms with E-state index >= 15 is 0 Å². The topological polar surface area (TPSA) is 66.9 Å². The van der Waals surface area contributed by atoms with Crippen LogP contribution >= 0.6 is 0 Å². The summed E-state index contributed by atoms with van der Waals surface area (Å²) in [6, 6.07) is 8.96. The Morgan fingerprint density at radius 2 is 1.89 bits per heavy atom. The van der Waals surface area contributed by atoms with E-state index in [9.17, 15) is 14.4 Å². The highest BCUT2D eigenvalue weighted by molar-refractivity contribution is 6.05. The van der Waals surface area contributed by atoms with Crippen LogP contribution in [0.2, 0.25) is 0 Å². The molecule has 100 valence electrons. The van der Waals surface area contributed by atoms with E-state index in [2.05, 4.69) is 0 Å². The quantitative estimate of drug-likeness (QED) is 0.750. The van der Waals surface area contributed by atoms with Crippen LogP contribution in [0.4, 0.5) is 4.79 Å². The van der Waals surface area contributed by atoms with E-state index < -0.39 is 23.8 Å². The molecule has 1 fully saturated rings. The van der Waals surface area contributed by atoms with Crippen LogP contribution in [0.1, 0.15) is 17.9 Å². The molecule has 1 unspecified atom stereocenters. The lowest BCUT2D eigenvalue weighted by atomic mass is 9.98. The maximum atomic E-state index is 12.1. The SMILES string of the molecule is CN(C)C(=O)ON1C(=O)CC(c2ccccc2)C1=O. The molecule has 1 aromatic carbocycles. The molecule has 1 aliphatic heterocycles. The smallest absolute Gasteiger partial charge is 0.312 e. The van der Waals surface area contributed by atoms with Crippen molar-refractivity contribution in [1.29, 1.82) is 0 Å². The third kappa shape index (κ3) is 2.57. The molecule has 1 aromatic rings. The number of imide groups is 1. The van der Waals surface area contributed by atoms with Gasteiger partial charge in [0, 0.05) is 20.5 Å².